The molecule has 0 aromatic carbocycles. The Hall–Kier alpha value is -1.06. The second kappa shape index (κ2) is 5.08. The molecule has 0 heterocycles. The Labute approximate surface area is 53.7 Å². The van der Waals surface area contributed by atoms with Gasteiger partial charge in [0.05, 0.1) is 0 Å². The number of oxime groups is 1. The molecule has 4 nitrogen and oxygen atoms in total. The molecular formula is C5H11N2O2+. The first-order valence-corrected chi connectivity index (χ1v) is 2.77. The van der Waals surface area contributed by atoms with E-state index in [1.54, 1.807) is 0 Å². The first-order chi connectivity index (χ1) is 4.31. The third kappa shape index (κ3) is 4.80. The van der Waals surface area contributed by atoms with Gasteiger partial charge in [0.2, 0.25) is 6.21 Å². The van der Waals surface area contributed by atoms with Gasteiger partial charge in [0.1, 0.15) is 6.21 Å². The van der Waals surface area contributed by atoms with E-state index in [1.165, 1.54) is 6.21 Å². The second-order valence-electron chi connectivity index (χ2n) is 1.58. The summed E-state index contributed by atoms with van der Waals surface area (Å²) in [6.07, 6.45) is 3.24. The molecule has 9 heavy (non-hydrogen) atoms. The van der Waals surface area contributed by atoms with Crippen molar-refractivity contribution < 1.29 is 15.2 Å². The Morgan fingerprint density at radius 1 is 1.67 bits per heavy atom. The third-order valence-electron chi connectivity index (χ3n) is 0.758. The zero-order chi connectivity index (χ0) is 7.11. The van der Waals surface area contributed by atoms with Gasteiger partial charge in [-0.25, -0.2) is 0 Å². The second-order valence-corrected chi connectivity index (χ2v) is 1.58. The molecule has 4 heteroatoms. The van der Waals surface area contributed by atoms with Crippen LogP contribution in [-0.2, 0) is 0 Å². The van der Waals surface area contributed by atoms with Crippen LogP contribution in [0.3, 0.4) is 0 Å². The predicted octanol–water partition coefficient (Wildman–Crippen LogP) is 0.329. The first-order valence-electron chi connectivity index (χ1n) is 2.77. The molecule has 0 bridgehead atoms. The minimum atomic E-state index is 0.548. The number of hydrogen-bond donors (Lipinski definition) is 2. The van der Waals surface area contributed by atoms with E-state index < -0.39 is 0 Å². The minimum Gasteiger partial charge on any atom is -0.411 e. The lowest BCUT2D eigenvalue weighted by molar-refractivity contribution is -0.770. The molecule has 0 saturated heterocycles. The summed E-state index contributed by atoms with van der Waals surface area (Å²) in [5.74, 6) is 0. The van der Waals surface area contributed by atoms with Crippen molar-refractivity contribution in [1.82, 2.24) is 0 Å². The maximum absolute atomic E-state index is 8.76. The summed E-state index contributed by atoms with van der Waals surface area (Å²) in [4.78, 5) is 0. The molecule has 0 aromatic heterocycles. The number of hydrogen-bond acceptors (Lipinski definition) is 3. The van der Waals surface area contributed by atoms with Gasteiger partial charge in [0, 0.05) is 6.42 Å². The van der Waals surface area contributed by atoms with Gasteiger partial charge in [-0.2, -0.15) is 0 Å². The lowest BCUT2D eigenvalue weighted by Crippen LogP contribution is -2.09. The summed E-state index contributed by atoms with van der Waals surface area (Å²) in [7, 11) is 0. The quantitative estimate of drug-likeness (QED) is 0.251. The molecule has 52 valence electrons. The fourth-order valence-corrected chi connectivity index (χ4v) is 0.410. The van der Waals surface area contributed by atoms with Crippen LogP contribution >= 0.6 is 0 Å². The van der Waals surface area contributed by atoms with E-state index in [9.17, 15) is 0 Å². The van der Waals surface area contributed by atoms with Crippen molar-refractivity contribution in [3.05, 3.63) is 0 Å². The summed E-state index contributed by atoms with van der Waals surface area (Å²) in [6.45, 7) is 2.49. The van der Waals surface area contributed by atoms with Crippen molar-refractivity contribution in [3.8, 4) is 0 Å². The van der Waals surface area contributed by atoms with Crippen molar-refractivity contribution in [2.24, 2.45) is 5.16 Å². The molecule has 0 atom stereocenters. The highest BCUT2D eigenvalue weighted by Crippen LogP contribution is 1.72. The van der Waals surface area contributed by atoms with Gasteiger partial charge in [0.15, 0.2) is 6.54 Å². The molecule has 0 aliphatic carbocycles. The fourth-order valence-electron chi connectivity index (χ4n) is 0.410. The molecule has 0 unspecified atom stereocenters. The van der Waals surface area contributed by atoms with Crippen LogP contribution in [0.15, 0.2) is 5.16 Å². The van der Waals surface area contributed by atoms with Crippen LogP contribution in [0.1, 0.15) is 13.3 Å². The molecule has 0 rings (SSSR count). The Kier molecular flexibility index (Phi) is 4.49. The Morgan fingerprint density at radius 3 is 2.78 bits per heavy atom. The van der Waals surface area contributed by atoms with Gasteiger partial charge in [0.25, 0.3) is 0 Å². The number of rotatable bonds is 3. The standard InChI is InChI=1S/C5H10N2O2/c1-2-4-7(9)5-3-6-8/h3,5,9H,2,4H2,1H3/p+1. The van der Waals surface area contributed by atoms with Gasteiger partial charge in [-0.05, 0) is 4.74 Å². The largest absolute Gasteiger partial charge is 0.411 e. The van der Waals surface area contributed by atoms with E-state index in [0.29, 0.717) is 6.54 Å². The Morgan fingerprint density at radius 2 is 2.33 bits per heavy atom. The lowest BCUT2D eigenvalue weighted by Gasteiger charge is -1.83. The van der Waals surface area contributed by atoms with E-state index in [4.69, 9.17) is 10.4 Å². The van der Waals surface area contributed by atoms with Gasteiger partial charge in [-0.3, -0.25) is 5.21 Å². The van der Waals surface area contributed by atoms with E-state index >= 15 is 0 Å². The molecule has 2 N–H and O–H groups in total. The third-order valence-corrected chi connectivity index (χ3v) is 0.758. The monoisotopic (exact) mass is 131 g/mol. The highest BCUT2D eigenvalue weighted by atomic mass is 16.5. The van der Waals surface area contributed by atoms with Crippen LogP contribution in [-0.4, -0.2) is 34.1 Å². The maximum atomic E-state index is 8.76. The summed E-state index contributed by atoms with van der Waals surface area (Å²) in [5.41, 5.74) is 0. The lowest BCUT2D eigenvalue weighted by atomic mass is 10.5. The van der Waals surface area contributed by atoms with Gasteiger partial charge in [-0.15, -0.1) is 0 Å². The van der Waals surface area contributed by atoms with Crippen LogP contribution in [0.5, 0.6) is 0 Å². The van der Waals surface area contributed by atoms with Gasteiger partial charge >= 0.3 is 0 Å². The highest BCUT2D eigenvalue weighted by molar-refractivity contribution is 6.13. The van der Waals surface area contributed by atoms with Crippen LogP contribution in [0.4, 0.5) is 0 Å². The van der Waals surface area contributed by atoms with Crippen LogP contribution < -0.4 is 0 Å². The molecule has 0 saturated carbocycles. The average molecular weight is 131 g/mol. The molecule has 0 amide bonds. The fraction of sp³-hybridized carbons (Fsp3) is 0.600. The molecule has 0 aromatic rings. The molecule has 0 aliphatic heterocycles. The Bertz CT molecular complexity index is 120. The van der Waals surface area contributed by atoms with Crippen LogP contribution in [0.2, 0.25) is 0 Å². The molecule has 0 spiro atoms. The van der Waals surface area contributed by atoms with Crippen molar-refractivity contribution in [2.45, 2.75) is 13.3 Å². The van der Waals surface area contributed by atoms with Crippen molar-refractivity contribution in [2.75, 3.05) is 6.54 Å². The zero-order valence-corrected chi connectivity index (χ0v) is 5.36. The minimum absolute atomic E-state index is 0.548. The van der Waals surface area contributed by atoms with Gasteiger partial charge < -0.3 is 5.21 Å². The van der Waals surface area contributed by atoms with E-state index in [-0.39, 0.29) is 0 Å². The smallest absolute Gasteiger partial charge is 0.236 e. The molecule has 0 fully saturated rings. The predicted molar refractivity (Wildman–Crippen MR) is 33.5 cm³/mol. The summed E-state index contributed by atoms with van der Waals surface area (Å²) in [5, 5.41) is 19.3. The average Bonchev–Trinajstić information content (AvgIpc) is 1.85. The normalized spacial score (nSPS) is 12.8. The van der Waals surface area contributed by atoms with Crippen LogP contribution in [0.25, 0.3) is 0 Å². The topological polar surface area (TPSA) is 55.8 Å². The number of nitrogens with zero attached hydrogens (tertiary/aromatic N) is 2. The zero-order valence-electron chi connectivity index (χ0n) is 5.36. The highest BCUT2D eigenvalue weighted by Gasteiger charge is 1.92. The first kappa shape index (κ1) is 7.94. The summed E-state index contributed by atoms with van der Waals surface area (Å²) < 4.78 is 0.958. The van der Waals surface area contributed by atoms with Gasteiger partial charge in [-0.1, -0.05) is 12.1 Å². The molecule has 0 radical (unpaired) electrons. The maximum Gasteiger partial charge on any atom is 0.236 e. The summed E-state index contributed by atoms with van der Waals surface area (Å²) in [6, 6.07) is 0. The van der Waals surface area contributed by atoms with E-state index in [2.05, 4.69) is 5.16 Å². The van der Waals surface area contributed by atoms with Crippen LogP contribution in [0, 0.1) is 0 Å². The van der Waals surface area contributed by atoms with Crippen molar-refractivity contribution in [1.29, 1.82) is 0 Å². The SMILES string of the molecule is CCC[N+](O)=CC=NO. The molecule has 0 aliphatic rings. The number of hydroxylamine groups is 1. The molecular weight excluding hydrogens is 120 g/mol. The Balaban J connectivity index is 3.55. The van der Waals surface area contributed by atoms with Crippen molar-refractivity contribution in [3.63, 3.8) is 0 Å². The van der Waals surface area contributed by atoms with E-state index in [1.807, 2.05) is 6.92 Å². The van der Waals surface area contributed by atoms with E-state index in [0.717, 1.165) is 17.4 Å². The van der Waals surface area contributed by atoms with Crippen molar-refractivity contribution >= 4 is 12.4 Å². The summed E-state index contributed by atoms with van der Waals surface area (Å²) >= 11 is 0.